The van der Waals surface area contributed by atoms with Gasteiger partial charge in [0.15, 0.2) is 0 Å². The van der Waals surface area contributed by atoms with Crippen molar-refractivity contribution in [2.45, 2.75) is 63.7 Å². The highest BCUT2D eigenvalue weighted by Gasteiger charge is 2.25. The Morgan fingerprint density at radius 3 is 2.14 bits per heavy atom. The van der Waals surface area contributed by atoms with E-state index in [1.807, 2.05) is 0 Å². The van der Waals surface area contributed by atoms with E-state index in [1.54, 1.807) is 0 Å². The number of unbranched alkanes of at least 4 members (excludes halogenated alkanes) is 5. The van der Waals surface area contributed by atoms with Gasteiger partial charge in [-0.1, -0.05) is 38.2 Å². The van der Waals surface area contributed by atoms with Gasteiger partial charge in [-0.3, -0.25) is 0 Å². The first kappa shape index (κ1) is 18.7. The molecule has 1 atom stereocenters. The third-order valence-electron chi connectivity index (χ3n) is 3.53. The first-order valence-electron chi connectivity index (χ1n) is 7.55. The molecular formula is C16H22F5N. The SMILES string of the molecule is Nc1ccc(C(F)CCCCCCCCC(F)(F)F)c(F)c1. The Labute approximate surface area is 127 Å². The molecule has 126 valence electrons. The predicted molar refractivity (Wildman–Crippen MR) is 77.7 cm³/mol. The normalized spacial score (nSPS) is 13.3. The lowest BCUT2D eigenvalue weighted by molar-refractivity contribution is -0.135. The molecule has 0 fully saturated rings. The van der Waals surface area contributed by atoms with Gasteiger partial charge in [0.1, 0.15) is 12.0 Å². The van der Waals surface area contributed by atoms with E-state index in [0.29, 0.717) is 19.3 Å². The lowest BCUT2D eigenvalue weighted by atomic mass is 10.0. The minimum absolute atomic E-state index is 0.0133. The summed E-state index contributed by atoms with van der Waals surface area (Å²) in [5.74, 6) is -0.639. The molecule has 0 bridgehead atoms. The van der Waals surface area contributed by atoms with Gasteiger partial charge in [-0.15, -0.1) is 0 Å². The lowest BCUT2D eigenvalue weighted by Gasteiger charge is -2.10. The van der Waals surface area contributed by atoms with Crippen molar-refractivity contribution in [2.75, 3.05) is 5.73 Å². The second-order valence-electron chi connectivity index (χ2n) is 5.52. The number of rotatable bonds is 9. The van der Waals surface area contributed by atoms with Gasteiger partial charge in [-0.25, -0.2) is 8.78 Å². The predicted octanol–water partition coefficient (Wildman–Crippen LogP) is 6.10. The molecule has 0 heterocycles. The van der Waals surface area contributed by atoms with Crippen LogP contribution in [0.25, 0.3) is 0 Å². The van der Waals surface area contributed by atoms with Gasteiger partial charge < -0.3 is 5.73 Å². The molecule has 6 heteroatoms. The molecule has 0 saturated carbocycles. The van der Waals surface area contributed by atoms with E-state index in [9.17, 15) is 22.0 Å². The summed E-state index contributed by atoms with van der Waals surface area (Å²) in [4.78, 5) is 0. The van der Waals surface area contributed by atoms with Gasteiger partial charge in [-0.2, -0.15) is 13.2 Å². The Morgan fingerprint density at radius 1 is 0.955 bits per heavy atom. The first-order valence-corrected chi connectivity index (χ1v) is 7.55. The summed E-state index contributed by atoms with van der Waals surface area (Å²) in [6.45, 7) is 0. The van der Waals surface area contributed by atoms with E-state index >= 15 is 0 Å². The maximum absolute atomic E-state index is 13.9. The van der Waals surface area contributed by atoms with E-state index in [0.717, 1.165) is 18.9 Å². The second-order valence-corrected chi connectivity index (χ2v) is 5.52. The maximum atomic E-state index is 13.9. The highest BCUT2D eigenvalue weighted by atomic mass is 19.4. The summed E-state index contributed by atoms with van der Waals surface area (Å²) in [6.07, 6.45) is -2.49. The van der Waals surface area contributed by atoms with E-state index in [1.165, 1.54) is 12.1 Å². The van der Waals surface area contributed by atoms with Crippen LogP contribution in [0.1, 0.15) is 63.1 Å². The molecule has 0 radical (unpaired) electrons. The fourth-order valence-corrected chi connectivity index (χ4v) is 2.31. The summed E-state index contributed by atoms with van der Waals surface area (Å²) in [5, 5.41) is 0. The van der Waals surface area contributed by atoms with Crippen molar-refractivity contribution in [3.8, 4) is 0 Å². The zero-order valence-corrected chi connectivity index (χ0v) is 12.4. The molecule has 0 aromatic heterocycles. The third-order valence-corrected chi connectivity index (χ3v) is 3.53. The van der Waals surface area contributed by atoms with Crippen LogP contribution < -0.4 is 5.73 Å². The number of halogens is 5. The zero-order chi connectivity index (χ0) is 16.6. The Balaban J connectivity index is 2.12. The third kappa shape index (κ3) is 7.61. The molecule has 2 N–H and O–H groups in total. The van der Waals surface area contributed by atoms with Crippen molar-refractivity contribution < 1.29 is 22.0 Å². The van der Waals surface area contributed by atoms with Crippen LogP contribution >= 0.6 is 0 Å². The summed E-state index contributed by atoms with van der Waals surface area (Å²) in [5.41, 5.74) is 5.67. The fraction of sp³-hybridized carbons (Fsp3) is 0.625. The van der Waals surface area contributed by atoms with Crippen molar-refractivity contribution in [3.05, 3.63) is 29.6 Å². The van der Waals surface area contributed by atoms with Gasteiger partial charge in [0.25, 0.3) is 0 Å². The molecule has 1 aromatic carbocycles. The van der Waals surface area contributed by atoms with Crippen molar-refractivity contribution in [3.63, 3.8) is 0 Å². The molecule has 0 aliphatic carbocycles. The van der Waals surface area contributed by atoms with Crippen LogP contribution in [0, 0.1) is 5.82 Å². The number of nitrogen functional groups attached to an aromatic ring is 1. The fourth-order valence-electron chi connectivity index (χ4n) is 2.31. The van der Waals surface area contributed by atoms with E-state index in [2.05, 4.69) is 0 Å². The van der Waals surface area contributed by atoms with E-state index < -0.39 is 24.6 Å². The largest absolute Gasteiger partial charge is 0.399 e. The highest BCUT2D eigenvalue weighted by Crippen LogP contribution is 2.28. The average molecular weight is 323 g/mol. The quantitative estimate of drug-likeness (QED) is 0.331. The average Bonchev–Trinajstić information content (AvgIpc) is 2.40. The van der Waals surface area contributed by atoms with Gasteiger partial charge in [0.05, 0.1) is 0 Å². The standard InChI is InChI=1S/C16H22F5N/c17-14(13-9-8-12(22)11-15(13)18)7-5-3-1-2-4-6-10-16(19,20)21/h8-9,11,14H,1-7,10,22H2. The number of nitrogens with two attached hydrogens (primary N) is 1. The Bertz CT molecular complexity index is 445. The van der Waals surface area contributed by atoms with E-state index in [4.69, 9.17) is 5.73 Å². The number of benzene rings is 1. The van der Waals surface area contributed by atoms with Crippen molar-refractivity contribution in [2.24, 2.45) is 0 Å². The van der Waals surface area contributed by atoms with Gasteiger partial charge >= 0.3 is 6.18 Å². The van der Waals surface area contributed by atoms with Gasteiger partial charge in [0, 0.05) is 17.7 Å². The Hall–Kier alpha value is -1.33. The van der Waals surface area contributed by atoms with Crippen LogP contribution in [0.4, 0.5) is 27.6 Å². The van der Waals surface area contributed by atoms with Crippen LogP contribution in [-0.2, 0) is 0 Å². The molecular weight excluding hydrogens is 301 g/mol. The molecule has 1 aromatic rings. The van der Waals surface area contributed by atoms with Crippen LogP contribution in [0.3, 0.4) is 0 Å². The topological polar surface area (TPSA) is 26.0 Å². The lowest BCUT2D eigenvalue weighted by Crippen LogP contribution is -2.06. The summed E-state index contributed by atoms with van der Waals surface area (Å²) >= 11 is 0. The van der Waals surface area contributed by atoms with E-state index in [-0.39, 0.29) is 24.1 Å². The molecule has 0 aliphatic heterocycles. The number of anilines is 1. The maximum Gasteiger partial charge on any atom is 0.389 e. The number of alkyl halides is 4. The molecule has 1 rings (SSSR count). The van der Waals surface area contributed by atoms with Crippen LogP contribution in [0.5, 0.6) is 0 Å². The molecule has 0 saturated heterocycles. The minimum atomic E-state index is -4.08. The van der Waals surface area contributed by atoms with Gasteiger partial charge in [0.2, 0.25) is 0 Å². The first-order chi connectivity index (χ1) is 10.3. The molecule has 1 nitrogen and oxygen atoms in total. The molecule has 1 unspecified atom stereocenters. The Morgan fingerprint density at radius 2 is 1.55 bits per heavy atom. The summed E-state index contributed by atoms with van der Waals surface area (Å²) in [6, 6.07) is 3.92. The van der Waals surface area contributed by atoms with Crippen LogP contribution in [0.2, 0.25) is 0 Å². The highest BCUT2D eigenvalue weighted by molar-refractivity contribution is 5.40. The summed E-state index contributed by atoms with van der Waals surface area (Å²) in [7, 11) is 0. The van der Waals surface area contributed by atoms with Gasteiger partial charge in [-0.05, 0) is 25.0 Å². The minimum Gasteiger partial charge on any atom is -0.399 e. The molecule has 22 heavy (non-hydrogen) atoms. The monoisotopic (exact) mass is 323 g/mol. The van der Waals surface area contributed by atoms with Crippen molar-refractivity contribution >= 4 is 5.69 Å². The van der Waals surface area contributed by atoms with Crippen LogP contribution in [-0.4, -0.2) is 6.18 Å². The van der Waals surface area contributed by atoms with Crippen molar-refractivity contribution in [1.29, 1.82) is 0 Å². The second kappa shape index (κ2) is 8.96. The van der Waals surface area contributed by atoms with Crippen molar-refractivity contribution in [1.82, 2.24) is 0 Å². The zero-order valence-electron chi connectivity index (χ0n) is 12.4. The molecule has 0 spiro atoms. The number of hydrogen-bond donors (Lipinski definition) is 1. The smallest absolute Gasteiger partial charge is 0.389 e. The number of hydrogen-bond acceptors (Lipinski definition) is 1. The molecule has 0 amide bonds. The van der Waals surface area contributed by atoms with Crippen LogP contribution in [0.15, 0.2) is 18.2 Å². The Kier molecular flexibility index (Phi) is 7.62. The summed E-state index contributed by atoms with van der Waals surface area (Å²) < 4.78 is 63.1. The molecule has 0 aliphatic rings.